The number of amides is 2. The number of likely N-dealkylation sites (tertiary alicyclic amines) is 1. The van der Waals surface area contributed by atoms with Crippen LogP contribution in [-0.4, -0.2) is 47.9 Å². The fourth-order valence-corrected chi connectivity index (χ4v) is 4.79. The Morgan fingerprint density at radius 2 is 1.70 bits per heavy atom. The number of ether oxygens (including phenoxy) is 1. The lowest BCUT2D eigenvalue weighted by Crippen LogP contribution is -2.47. The van der Waals surface area contributed by atoms with Crippen LogP contribution in [0.25, 0.3) is 22.2 Å². The molecule has 1 aliphatic heterocycles. The van der Waals surface area contributed by atoms with Gasteiger partial charge in [0.25, 0.3) is 5.91 Å². The Hall–Kier alpha value is -4.26. The summed E-state index contributed by atoms with van der Waals surface area (Å²) in [6, 6.07) is 22.9. The molecule has 0 radical (unpaired) electrons. The molecule has 6 nitrogen and oxygen atoms in total. The predicted octanol–water partition coefficient (Wildman–Crippen LogP) is 5.01. The van der Waals surface area contributed by atoms with Crippen molar-refractivity contribution in [1.29, 1.82) is 0 Å². The lowest BCUT2D eigenvalue weighted by atomic mass is 10.0. The van der Waals surface area contributed by atoms with Crippen LogP contribution >= 0.6 is 0 Å². The van der Waals surface area contributed by atoms with Gasteiger partial charge in [0.2, 0.25) is 5.91 Å². The van der Waals surface area contributed by atoms with E-state index in [-0.39, 0.29) is 30.1 Å². The number of nitrogens with one attached hydrogen (secondary N) is 1. The molecule has 0 unspecified atom stereocenters. The van der Waals surface area contributed by atoms with Crippen molar-refractivity contribution in [3.05, 3.63) is 95.8 Å². The van der Waals surface area contributed by atoms with Gasteiger partial charge >= 0.3 is 0 Å². The second-order valence-corrected chi connectivity index (χ2v) is 9.20. The van der Waals surface area contributed by atoms with Crippen LogP contribution in [0.3, 0.4) is 0 Å². The number of hydrogen-bond acceptors (Lipinski definition) is 4. The van der Waals surface area contributed by atoms with Gasteiger partial charge in [-0.15, -0.1) is 0 Å². The molecule has 37 heavy (non-hydrogen) atoms. The number of halogens is 1. The summed E-state index contributed by atoms with van der Waals surface area (Å²) in [5, 5.41) is 3.92. The number of pyridine rings is 1. The Morgan fingerprint density at radius 1 is 1.00 bits per heavy atom. The van der Waals surface area contributed by atoms with Crippen LogP contribution in [0, 0.1) is 5.82 Å². The molecule has 1 aliphatic rings. The summed E-state index contributed by atoms with van der Waals surface area (Å²) < 4.78 is 18.8. The van der Waals surface area contributed by atoms with Crippen LogP contribution < -0.4 is 10.1 Å². The first-order chi connectivity index (χ1) is 18.0. The second kappa shape index (κ2) is 10.8. The third-order valence-corrected chi connectivity index (χ3v) is 6.82. The average molecular weight is 498 g/mol. The number of methoxy groups -OCH3 is 1. The highest BCUT2D eigenvalue weighted by Crippen LogP contribution is 2.26. The Balaban J connectivity index is 1.27. The third kappa shape index (κ3) is 5.45. The summed E-state index contributed by atoms with van der Waals surface area (Å²) in [7, 11) is 1.60. The van der Waals surface area contributed by atoms with E-state index in [1.165, 1.54) is 12.1 Å². The van der Waals surface area contributed by atoms with Crippen molar-refractivity contribution in [3.63, 3.8) is 0 Å². The number of benzene rings is 3. The molecule has 1 N–H and O–H groups in total. The molecule has 2 heterocycles. The molecule has 0 spiro atoms. The number of piperidine rings is 1. The number of carbonyl (C=O) groups is 2. The normalized spacial score (nSPS) is 13.9. The minimum absolute atomic E-state index is 0.0380. The van der Waals surface area contributed by atoms with Gasteiger partial charge in [-0.1, -0.05) is 36.4 Å². The molecule has 0 bridgehead atoms. The monoisotopic (exact) mass is 497 g/mol. The van der Waals surface area contributed by atoms with Crippen molar-refractivity contribution >= 4 is 22.7 Å². The van der Waals surface area contributed by atoms with Gasteiger partial charge in [-0.2, -0.15) is 0 Å². The topological polar surface area (TPSA) is 71.5 Å². The summed E-state index contributed by atoms with van der Waals surface area (Å²) in [4.78, 5) is 32.8. The van der Waals surface area contributed by atoms with Crippen LogP contribution in [0.5, 0.6) is 5.75 Å². The number of rotatable bonds is 6. The van der Waals surface area contributed by atoms with Gasteiger partial charge < -0.3 is 15.0 Å². The number of nitrogens with zero attached hydrogens (tertiary/aromatic N) is 2. The molecule has 2 amide bonds. The largest absolute Gasteiger partial charge is 0.496 e. The standard InChI is InChI=1S/C30H28FN3O3/c1-37-28-9-5-2-6-21(28)18-29(35)34-16-14-23(15-17-34)32-30(36)25-19-27(20-10-12-22(31)13-11-20)33-26-8-4-3-7-24(25)26/h2-13,19,23H,14-18H2,1H3,(H,32,36). The lowest BCUT2D eigenvalue weighted by molar-refractivity contribution is -0.131. The van der Waals surface area contributed by atoms with Gasteiger partial charge in [0, 0.05) is 35.6 Å². The molecule has 1 aromatic heterocycles. The van der Waals surface area contributed by atoms with Crippen LogP contribution in [0.15, 0.2) is 78.9 Å². The van der Waals surface area contributed by atoms with E-state index in [1.807, 2.05) is 53.4 Å². The van der Waals surface area contributed by atoms with E-state index in [0.717, 1.165) is 16.5 Å². The van der Waals surface area contributed by atoms with Crippen LogP contribution in [-0.2, 0) is 11.2 Å². The molecule has 5 rings (SSSR count). The van der Waals surface area contributed by atoms with E-state index in [1.54, 1.807) is 25.3 Å². The Labute approximate surface area is 215 Å². The molecule has 3 aromatic carbocycles. The highest BCUT2D eigenvalue weighted by atomic mass is 19.1. The molecule has 1 fully saturated rings. The quantitative estimate of drug-likeness (QED) is 0.406. The first-order valence-corrected chi connectivity index (χ1v) is 12.4. The Morgan fingerprint density at radius 3 is 2.46 bits per heavy atom. The SMILES string of the molecule is COc1ccccc1CC(=O)N1CCC(NC(=O)c2cc(-c3ccc(F)cc3)nc3ccccc23)CC1. The number of hydrogen-bond donors (Lipinski definition) is 1. The van der Waals surface area contributed by atoms with Crippen molar-refractivity contribution in [3.8, 4) is 17.0 Å². The van der Waals surface area contributed by atoms with Crippen molar-refractivity contribution in [2.45, 2.75) is 25.3 Å². The molecule has 0 saturated carbocycles. The average Bonchev–Trinajstić information content (AvgIpc) is 2.93. The van der Waals surface area contributed by atoms with Crippen molar-refractivity contribution in [1.82, 2.24) is 15.2 Å². The Bertz CT molecular complexity index is 1430. The molecule has 0 aliphatic carbocycles. The second-order valence-electron chi connectivity index (χ2n) is 9.20. The van der Waals surface area contributed by atoms with Crippen molar-refractivity contribution in [2.75, 3.05) is 20.2 Å². The van der Waals surface area contributed by atoms with Crippen LogP contribution in [0.4, 0.5) is 4.39 Å². The zero-order valence-electron chi connectivity index (χ0n) is 20.6. The number of para-hydroxylation sites is 2. The van der Waals surface area contributed by atoms with E-state index < -0.39 is 0 Å². The minimum Gasteiger partial charge on any atom is -0.496 e. The predicted molar refractivity (Wildman–Crippen MR) is 141 cm³/mol. The molecular weight excluding hydrogens is 469 g/mol. The highest BCUT2D eigenvalue weighted by Gasteiger charge is 2.25. The van der Waals surface area contributed by atoms with E-state index in [9.17, 15) is 14.0 Å². The van der Waals surface area contributed by atoms with Crippen molar-refractivity contribution in [2.24, 2.45) is 0 Å². The maximum Gasteiger partial charge on any atom is 0.252 e. The van der Waals surface area contributed by atoms with E-state index in [4.69, 9.17) is 4.74 Å². The van der Waals surface area contributed by atoms with Gasteiger partial charge in [-0.25, -0.2) is 9.37 Å². The number of aromatic nitrogens is 1. The van der Waals surface area contributed by atoms with E-state index in [2.05, 4.69) is 10.3 Å². The number of carbonyl (C=O) groups excluding carboxylic acids is 2. The maximum atomic E-state index is 13.4. The van der Waals surface area contributed by atoms with Gasteiger partial charge in [-0.05, 0) is 55.3 Å². The fraction of sp³-hybridized carbons (Fsp3) is 0.233. The summed E-state index contributed by atoms with van der Waals surface area (Å²) in [6.07, 6.45) is 1.64. The summed E-state index contributed by atoms with van der Waals surface area (Å²) >= 11 is 0. The van der Waals surface area contributed by atoms with Gasteiger partial charge in [0.15, 0.2) is 0 Å². The van der Waals surface area contributed by atoms with Crippen LogP contribution in [0.1, 0.15) is 28.8 Å². The Kier molecular flexibility index (Phi) is 7.12. The maximum absolute atomic E-state index is 13.4. The minimum atomic E-state index is -0.324. The van der Waals surface area contributed by atoms with E-state index >= 15 is 0 Å². The smallest absolute Gasteiger partial charge is 0.252 e. The van der Waals surface area contributed by atoms with Gasteiger partial charge in [-0.3, -0.25) is 9.59 Å². The third-order valence-electron chi connectivity index (χ3n) is 6.82. The zero-order chi connectivity index (χ0) is 25.8. The lowest BCUT2D eigenvalue weighted by Gasteiger charge is -2.32. The molecular formula is C30H28FN3O3. The fourth-order valence-electron chi connectivity index (χ4n) is 4.79. The molecule has 7 heteroatoms. The van der Waals surface area contributed by atoms with Gasteiger partial charge in [0.05, 0.1) is 30.3 Å². The number of fused-ring (bicyclic) bond motifs is 1. The molecule has 188 valence electrons. The summed E-state index contributed by atoms with van der Waals surface area (Å²) in [5.41, 5.74) is 3.45. The molecule has 1 saturated heterocycles. The van der Waals surface area contributed by atoms with Crippen LogP contribution in [0.2, 0.25) is 0 Å². The van der Waals surface area contributed by atoms with Gasteiger partial charge in [0.1, 0.15) is 11.6 Å². The van der Waals surface area contributed by atoms with Crippen molar-refractivity contribution < 1.29 is 18.7 Å². The first kappa shape index (κ1) is 24.4. The summed E-state index contributed by atoms with van der Waals surface area (Å²) in [6.45, 7) is 1.16. The first-order valence-electron chi connectivity index (χ1n) is 12.4. The molecule has 0 atom stereocenters. The highest BCUT2D eigenvalue weighted by molar-refractivity contribution is 6.07. The summed E-state index contributed by atoms with van der Waals surface area (Å²) in [5.74, 6) is 0.261. The molecule has 4 aromatic rings. The van der Waals surface area contributed by atoms with E-state index in [0.29, 0.717) is 48.5 Å². The zero-order valence-corrected chi connectivity index (χ0v) is 20.6.